The van der Waals surface area contributed by atoms with Gasteiger partial charge in [-0.05, 0) is 55.0 Å². The van der Waals surface area contributed by atoms with Gasteiger partial charge >= 0.3 is 5.51 Å². The van der Waals surface area contributed by atoms with Crippen LogP contribution in [0.2, 0.25) is 0 Å². The van der Waals surface area contributed by atoms with Crippen LogP contribution in [0.25, 0.3) is 5.82 Å². The summed E-state index contributed by atoms with van der Waals surface area (Å²) >= 11 is 0. The van der Waals surface area contributed by atoms with Crippen LogP contribution < -0.4 is 4.90 Å². The third-order valence-electron chi connectivity index (χ3n) is 5.21. The molecule has 0 bridgehead atoms. The Balaban J connectivity index is 1.46. The summed E-state index contributed by atoms with van der Waals surface area (Å²) in [5, 5.41) is 4.18. The van der Waals surface area contributed by atoms with Gasteiger partial charge in [-0.1, -0.05) is 0 Å². The molecule has 0 saturated carbocycles. The van der Waals surface area contributed by atoms with Gasteiger partial charge in [0.2, 0.25) is 0 Å². The van der Waals surface area contributed by atoms with Crippen molar-refractivity contribution in [3.63, 3.8) is 0 Å². The highest BCUT2D eigenvalue weighted by molar-refractivity contribution is 7.92. The van der Waals surface area contributed by atoms with E-state index in [2.05, 4.69) is 21.9 Å². The van der Waals surface area contributed by atoms with Gasteiger partial charge in [0.25, 0.3) is 9.84 Å². The molecule has 31 heavy (non-hydrogen) atoms. The highest BCUT2D eigenvalue weighted by Crippen LogP contribution is 2.32. The average Bonchev–Trinajstić information content (AvgIpc) is 3.38. The fourth-order valence-corrected chi connectivity index (χ4v) is 4.30. The monoisotopic (exact) mass is 451 g/mol. The van der Waals surface area contributed by atoms with Crippen LogP contribution in [0, 0.1) is 0 Å². The van der Waals surface area contributed by atoms with Gasteiger partial charge in [0.05, 0.1) is 11.6 Å². The highest BCUT2D eigenvalue weighted by Gasteiger charge is 2.46. The molecular weight excluding hydrogens is 431 g/mol. The van der Waals surface area contributed by atoms with Crippen molar-refractivity contribution in [2.75, 3.05) is 18.1 Å². The van der Waals surface area contributed by atoms with E-state index in [4.69, 9.17) is 0 Å². The second-order valence-corrected chi connectivity index (χ2v) is 9.32. The Morgan fingerprint density at radius 2 is 1.87 bits per heavy atom. The number of aromatic nitrogens is 3. The van der Waals surface area contributed by atoms with Gasteiger partial charge in [0, 0.05) is 43.4 Å². The summed E-state index contributed by atoms with van der Waals surface area (Å²) < 4.78 is 63.0. The molecule has 0 spiro atoms. The molecule has 1 fully saturated rings. The molecule has 4 rings (SSSR count). The number of halogens is 3. The zero-order valence-electron chi connectivity index (χ0n) is 16.6. The number of pyridine rings is 1. The third-order valence-corrected chi connectivity index (χ3v) is 6.71. The largest absolute Gasteiger partial charge is 0.501 e. The normalized spacial score (nSPS) is 17.9. The lowest BCUT2D eigenvalue weighted by atomic mass is 10.2. The molecule has 0 N–H and O–H groups in total. The zero-order chi connectivity index (χ0) is 22.2. The predicted molar refractivity (Wildman–Crippen MR) is 108 cm³/mol. The van der Waals surface area contributed by atoms with Crippen LogP contribution >= 0.6 is 0 Å². The van der Waals surface area contributed by atoms with E-state index in [0.29, 0.717) is 31.3 Å². The van der Waals surface area contributed by atoms with Crippen LogP contribution in [0.15, 0.2) is 66.0 Å². The number of hydrogen-bond donors (Lipinski definition) is 0. The van der Waals surface area contributed by atoms with E-state index in [1.54, 1.807) is 17.1 Å². The molecule has 1 aliphatic heterocycles. The number of alkyl halides is 3. The Hall–Kier alpha value is -2.92. The number of rotatable bonds is 5. The molecule has 0 aliphatic carbocycles. The molecule has 11 heteroatoms. The first-order chi connectivity index (χ1) is 14.6. The first kappa shape index (κ1) is 21.3. The first-order valence-electron chi connectivity index (χ1n) is 9.50. The van der Waals surface area contributed by atoms with E-state index in [0.717, 1.165) is 17.7 Å². The van der Waals surface area contributed by atoms with Crippen LogP contribution in [-0.4, -0.2) is 52.8 Å². The second kappa shape index (κ2) is 7.97. The van der Waals surface area contributed by atoms with Crippen LogP contribution in [-0.2, 0) is 16.4 Å². The second-order valence-electron chi connectivity index (χ2n) is 7.38. The van der Waals surface area contributed by atoms with Gasteiger partial charge in [-0.3, -0.25) is 4.90 Å². The van der Waals surface area contributed by atoms with Crippen molar-refractivity contribution in [2.45, 2.75) is 29.9 Å². The number of sulfone groups is 1. The van der Waals surface area contributed by atoms with Gasteiger partial charge in [0.15, 0.2) is 5.82 Å². The Kier molecular flexibility index (Phi) is 5.48. The van der Waals surface area contributed by atoms with Crippen molar-refractivity contribution in [1.29, 1.82) is 0 Å². The fraction of sp³-hybridized carbons (Fsp3) is 0.300. The Morgan fingerprint density at radius 1 is 1.13 bits per heavy atom. The summed E-state index contributed by atoms with van der Waals surface area (Å²) in [6.45, 7) is 3.96. The quantitative estimate of drug-likeness (QED) is 0.593. The molecule has 2 aromatic heterocycles. The number of hydrogen-bond acceptors (Lipinski definition) is 6. The molecule has 0 radical (unpaired) electrons. The van der Waals surface area contributed by atoms with Crippen molar-refractivity contribution < 1.29 is 21.6 Å². The average molecular weight is 451 g/mol. The maximum absolute atomic E-state index is 12.7. The minimum absolute atomic E-state index is 0.194. The van der Waals surface area contributed by atoms with Crippen molar-refractivity contribution in [1.82, 2.24) is 19.7 Å². The summed E-state index contributed by atoms with van der Waals surface area (Å²) in [5.74, 6) is 0.715. The maximum atomic E-state index is 12.7. The number of nitrogens with zero attached hydrogens (tertiary/aromatic N) is 5. The minimum atomic E-state index is -5.34. The van der Waals surface area contributed by atoms with Crippen LogP contribution in [0.4, 0.5) is 18.9 Å². The molecule has 0 amide bonds. The third kappa shape index (κ3) is 4.28. The lowest BCUT2D eigenvalue weighted by molar-refractivity contribution is -0.0436. The summed E-state index contributed by atoms with van der Waals surface area (Å²) in [5.41, 5.74) is -3.59. The predicted octanol–water partition coefficient (Wildman–Crippen LogP) is 3.23. The Morgan fingerprint density at radius 3 is 2.52 bits per heavy atom. The molecule has 1 aliphatic rings. The smallest absolute Gasteiger partial charge is 0.357 e. The Labute approximate surface area is 177 Å². The molecule has 164 valence electrons. The summed E-state index contributed by atoms with van der Waals surface area (Å²) in [4.78, 5) is 7.80. The van der Waals surface area contributed by atoms with Crippen molar-refractivity contribution in [3.05, 3.63) is 66.6 Å². The van der Waals surface area contributed by atoms with E-state index in [1.165, 1.54) is 12.1 Å². The van der Waals surface area contributed by atoms with E-state index in [9.17, 15) is 21.6 Å². The Bertz CT molecular complexity index is 1150. The van der Waals surface area contributed by atoms with E-state index in [1.807, 2.05) is 29.3 Å². The first-order valence-corrected chi connectivity index (χ1v) is 11.0. The van der Waals surface area contributed by atoms with E-state index >= 15 is 0 Å². The molecule has 7 nitrogen and oxygen atoms in total. The van der Waals surface area contributed by atoms with E-state index in [-0.39, 0.29) is 6.04 Å². The van der Waals surface area contributed by atoms with Gasteiger partial charge in [-0.15, -0.1) is 0 Å². The van der Waals surface area contributed by atoms with Crippen LogP contribution in [0.1, 0.15) is 12.5 Å². The van der Waals surface area contributed by atoms with Gasteiger partial charge < -0.3 is 4.90 Å². The van der Waals surface area contributed by atoms with Crippen molar-refractivity contribution in [3.8, 4) is 5.82 Å². The molecule has 1 unspecified atom stereocenters. The van der Waals surface area contributed by atoms with Crippen LogP contribution in [0.5, 0.6) is 0 Å². The number of benzene rings is 1. The highest BCUT2D eigenvalue weighted by atomic mass is 32.2. The summed E-state index contributed by atoms with van der Waals surface area (Å²) in [6, 6.07) is 10.7. The molecule has 1 aromatic carbocycles. The SMILES string of the molecule is CC1CN(c2ccc(S(=O)(=O)C(F)(F)F)cc2)CN1Cc1ccnc(-n2cccn2)c1. The van der Waals surface area contributed by atoms with Gasteiger partial charge in [0.1, 0.15) is 0 Å². The van der Waals surface area contributed by atoms with Gasteiger partial charge in [-0.2, -0.15) is 18.3 Å². The topological polar surface area (TPSA) is 71.3 Å². The minimum Gasteiger partial charge on any atom is -0.357 e. The van der Waals surface area contributed by atoms with Crippen molar-refractivity contribution in [2.24, 2.45) is 0 Å². The van der Waals surface area contributed by atoms with Crippen LogP contribution in [0.3, 0.4) is 0 Å². The standard InChI is InChI=1S/C20H20F3N5O2S/c1-15-12-27(17-3-5-18(6-4-17)31(29,30)20(21,22)23)14-26(15)13-16-7-9-24-19(11-16)28-10-2-8-25-28/h2-11,15H,12-14H2,1H3. The molecule has 1 atom stereocenters. The van der Waals surface area contributed by atoms with E-state index < -0.39 is 20.2 Å². The summed E-state index contributed by atoms with van der Waals surface area (Å²) in [6.07, 6.45) is 5.22. The zero-order valence-corrected chi connectivity index (χ0v) is 17.4. The fourth-order valence-electron chi connectivity index (χ4n) is 3.54. The molecule has 3 heterocycles. The lowest BCUT2D eigenvalue weighted by Crippen LogP contribution is -2.28. The number of anilines is 1. The molecule has 3 aromatic rings. The maximum Gasteiger partial charge on any atom is 0.501 e. The molecular formula is C20H20F3N5O2S. The molecule has 1 saturated heterocycles. The summed E-state index contributed by atoms with van der Waals surface area (Å²) in [7, 11) is -5.34. The van der Waals surface area contributed by atoms with Gasteiger partial charge in [-0.25, -0.2) is 18.1 Å². The van der Waals surface area contributed by atoms with Crippen molar-refractivity contribution >= 4 is 15.5 Å². The lowest BCUT2D eigenvalue weighted by Gasteiger charge is -2.21.